The fraction of sp³-hybridized carbons (Fsp3) is 0.348. The van der Waals surface area contributed by atoms with Crippen LogP contribution in [0.3, 0.4) is 0 Å². The molecule has 1 aliphatic carbocycles. The predicted molar refractivity (Wildman–Crippen MR) is 117 cm³/mol. The molecule has 0 aromatic carbocycles. The van der Waals surface area contributed by atoms with E-state index in [4.69, 9.17) is 4.98 Å². The Morgan fingerprint density at radius 1 is 1.23 bits per heavy atom. The zero-order valence-corrected chi connectivity index (χ0v) is 18.1. The standard InChI is InChI=1S/C23H25FN6O/c1-14-5-6-16(12-26-14)27-19(31)13-30(4)22-20-17(7-9-23(20,2)3)28-21(29-22)18-11-15(24)8-10-25-18/h5-6,8,10-12H,7,9,13H2,1-4H3,(H,27,31). The van der Waals surface area contributed by atoms with Crippen molar-refractivity contribution < 1.29 is 9.18 Å². The third-order valence-corrected chi connectivity index (χ3v) is 5.52. The maximum Gasteiger partial charge on any atom is 0.243 e. The molecule has 0 saturated carbocycles. The van der Waals surface area contributed by atoms with Gasteiger partial charge in [-0.1, -0.05) is 13.8 Å². The van der Waals surface area contributed by atoms with E-state index in [9.17, 15) is 9.18 Å². The number of aryl methyl sites for hydroxylation is 2. The van der Waals surface area contributed by atoms with E-state index in [0.717, 1.165) is 29.8 Å². The van der Waals surface area contributed by atoms with Crippen LogP contribution in [0.2, 0.25) is 0 Å². The van der Waals surface area contributed by atoms with Crippen LogP contribution in [-0.2, 0) is 16.6 Å². The SMILES string of the molecule is Cc1ccc(NC(=O)CN(C)c2nc(-c3cc(F)ccn3)nc3c2C(C)(C)CC3)cn1. The minimum Gasteiger partial charge on any atom is -0.350 e. The molecule has 0 atom stereocenters. The van der Waals surface area contributed by atoms with E-state index in [2.05, 4.69) is 34.1 Å². The van der Waals surface area contributed by atoms with Crippen LogP contribution in [0.4, 0.5) is 15.9 Å². The van der Waals surface area contributed by atoms with Crippen molar-refractivity contribution in [2.75, 3.05) is 23.8 Å². The molecule has 3 aromatic rings. The van der Waals surface area contributed by atoms with Gasteiger partial charge in [0.2, 0.25) is 5.91 Å². The van der Waals surface area contributed by atoms with Crippen molar-refractivity contribution in [1.29, 1.82) is 0 Å². The van der Waals surface area contributed by atoms with Crippen LogP contribution in [0.15, 0.2) is 36.7 Å². The molecular formula is C23H25FN6O. The Hall–Kier alpha value is -3.42. The van der Waals surface area contributed by atoms with Crippen LogP contribution in [0.25, 0.3) is 11.5 Å². The Kier molecular flexibility index (Phi) is 5.39. The summed E-state index contributed by atoms with van der Waals surface area (Å²) in [5.74, 6) is 0.462. The number of fused-ring (bicyclic) bond motifs is 1. The fourth-order valence-electron chi connectivity index (χ4n) is 3.87. The number of anilines is 2. The molecule has 3 aromatic heterocycles. The summed E-state index contributed by atoms with van der Waals surface area (Å²) in [7, 11) is 1.83. The summed E-state index contributed by atoms with van der Waals surface area (Å²) in [6.07, 6.45) is 4.76. The molecular weight excluding hydrogens is 395 g/mol. The maximum absolute atomic E-state index is 13.7. The van der Waals surface area contributed by atoms with Gasteiger partial charge in [0.15, 0.2) is 5.82 Å². The van der Waals surface area contributed by atoms with E-state index < -0.39 is 5.82 Å². The van der Waals surface area contributed by atoms with E-state index in [-0.39, 0.29) is 17.9 Å². The number of amides is 1. The minimum absolute atomic E-state index is 0.101. The third kappa shape index (κ3) is 4.38. The van der Waals surface area contributed by atoms with E-state index in [1.54, 1.807) is 6.20 Å². The van der Waals surface area contributed by atoms with Gasteiger partial charge in [0, 0.05) is 30.6 Å². The van der Waals surface area contributed by atoms with Crippen LogP contribution in [0.5, 0.6) is 0 Å². The average molecular weight is 420 g/mol. The van der Waals surface area contributed by atoms with Gasteiger partial charge < -0.3 is 10.2 Å². The molecule has 7 nitrogen and oxygen atoms in total. The van der Waals surface area contributed by atoms with Crippen LogP contribution in [0, 0.1) is 12.7 Å². The lowest BCUT2D eigenvalue weighted by molar-refractivity contribution is -0.114. The molecule has 160 valence electrons. The molecule has 0 spiro atoms. The number of nitrogens with zero attached hydrogens (tertiary/aromatic N) is 5. The average Bonchev–Trinajstić information content (AvgIpc) is 3.04. The summed E-state index contributed by atoms with van der Waals surface area (Å²) < 4.78 is 13.7. The van der Waals surface area contributed by atoms with E-state index in [1.165, 1.54) is 18.3 Å². The molecule has 31 heavy (non-hydrogen) atoms. The van der Waals surface area contributed by atoms with Crippen LogP contribution in [-0.4, -0.2) is 39.4 Å². The van der Waals surface area contributed by atoms with Gasteiger partial charge in [0.1, 0.15) is 17.3 Å². The zero-order valence-electron chi connectivity index (χ0n) is 18.1. The second kappa shape index (κ2) is 8.02. The Balaban J connectivity index is 1.65. The maximum atomic E-state index is 13.7. The summed E-state index contributed by atoms with van der Waals surface area (Å²) in [5.41, 5.74) is 3.72. The highest BCUT2D eigenvalue weighted by Gasteiger charge is 2.36. The molecule has 0 fully saturated rings. The first-order chi connectivity index (χ1) is 14.7. The highest BCUT2D eigenvalue weighted by atomic mass is 19.1. The molecule has 4 rings (SSSR count). The lowest BCUT2D eigenvalue weighted by Gasteiger charge is -2.27. The van der Waals surface area contributed by atoms with Gasteiger partial charge in [0.25, 0.3) is 0 Å². The summed E-state index contributed by atoms with van der Waals surface area (Å²) in [6.45, 7) is 6.29. The number of likely N-dealkylation sites (N-methyl/N-ethyl adjacent to an activating group) is 1. The molecule has 8 heteroatoms. The van der Waals surface area contributed by atoms with Crippen molar-refractivity contribution in [3.8, 4) is 11.5 Å². The van der Waals surface area contributed by atoms with Gasteiger partial charge in [-0.2, -0.15) is 0 Å². The molecule has 0 aliphatic heterocycles. The summed E-state index contributed by atoms with van der Waals surface area (Å²) in [5, 5.41) is 2.86. The van der Waals surface area contributed by atoms with Crippen LogP contribution in [0.1, 0.15) is 37.2 Å². The highest BCUT2D eigenvalue weighted by molar-refractivity contribution is 5.94. The number of hydrogen-bond acceptors (Lipinski definition) is 6. The Morgan fingerprint density at radius 3 is 2.74 bits per heavy atom. The van der Waals surface area contributed by atoms with Crippen molar-refractivity contribution in [2.45, 2.75) is 39.0 Å². The predicted octanol–water partition coefficient (Wildman–Crippen LogP) is 3.68. The highest BCUT2D eigenvalue weighted by Crippen LogP contribution is 2.42. The molecule has 1 N–H and O–H groups in total. The Morgan fingerprint density at radius 2 is 2.03 bits per heavy atom. The number of carbonyl (C=O) groups is 1. The zero-order chi connectivity index (χ0) is 22.2. The normalized spacial score (nSPS) is 14.2. The number of hydrogen-bond donors (Lipinski definition) is 1. The summed E-state index contributed by atoms with van der Waals surface area (Å²) in [4.78, 5) is 32.3. The van der Waals surface area contributed by atoms with Gasteiger partial charge in [-0.25, -0.2) is 14.4 Å². The van der Waals surface area contributed by atoms with Gasteiger partial charge in [0.05, 0.1) is 24.1 Å². The van der Waals surface area contributed by atoms with E-state index in [0.29, 0.717) is 23.0 Å². The molecule has 0 radical (unpaired) electrons. The number of pyridine rings is 2. The number of halogens is 1. The molecule has 1 aliphatic rings. The first-order valence-corrected chi connectivity index (χ1v) is 10.2. The van der Waals surface area contributed by atoms with Gasteiger partial charge in [-0.15, -0.1) is 0 Å². The van der Waals surface area contributed by atoms with Gasteiger partial charge in [-0.05, 0) is 43.4 Å². The van der Waals surface area contributed by atoms with Crippen LogP contribution < -0.4 is 10.2 Å². The second-order valence-electron chi connectivity index (χ2n) is 8.53. The smallest absolute Gasteiger partial charge is 0.243 e. The molecule has 0 bridgehead atoms. The Bertz CT molecular complexity index is 1130. The number of aromatic nitrogens is 4. The van der Waals surface area contributed by atoms with Crippen molar-refractivity contribution in [1.82, 2.24) is 19.9 Å². The van der Waals surface area contributed by atoms with Crippen LogP contribution >= 0.6 is 0 Å². The first kappa shape index (κ1) is 20.8. The summed E-state index contributed by atoms with van der Waals surface area (Å²) in [6, 6.07) is 6.27. The molecule has 3 heterocycles. The van der Waals surface area contributed by atoms with Crippen molar-refractivity contribution in [3.05, 3.63) is 59.4 Å². The second-order valence-corrected chi connectivity index (χ2v) is 8.53. The Labute approximate surface area is 180 Å². The number of nitrogens with one attached hydrogen (secondary N) is 1. The van der Waals surface area contributed by atoms with Crippen molar-refractivity contribution >= 4 is 17.4 Å². The molecule has 1 amide bonds. The lowest BCUT2D eigenvalue weighted by atomic mass is 9.87. The lowest BCUT2D eigenvalue weighted by Crippen LogP contribution is -2.33. The minimum atomic E-state index is -0.393. The van der Waals surface area contributed by atoms with E-state index >= 15 is 0 Å². The van der Waals surface area contributed by atoms with E-state index in [1.807, 2.05) is 31.0 Å². The van der Waals surface area contributed by atoms with Gasteiger partial charge >= 0.3 is 0 Å². The first-order valence-electron chi connectivity index (χ1n) is 10.2. The fourth-order valence-corrected chi connectivity index (χ4v) is 3.87. The number of rotatable bonds is 5. The molecule has 0 unspecified atom stereocenters. The summed E-state index contributed by atoms with van der Waals surface area (Å²) >= 11 is 0. The third-order valence-electron chi connectivity index (χ3n) is 5.52. The largest absolute Gasteiger partial charge is 0.350 e. The monoisotopic (exact) mass is 420 g/mol. The van der Waals surface area contributed by atoms with Crippen molar-refractivity contribution in [2.24, 2.45) is 0 Å². The van der Waals surface area contributed by atoms with Crippen molar-refractivity contribution in [3.63, 3.8) is 0 Å². The molecule has 0 saturated heterocycles. The quantitative estimate of drug-likeness (QED) is 0.678. The number of carbonyl (C=O) groups excluding carboxylic acids is 1. The topological polar surface area (TPSA) is 83.9 Å². The van der Waals surface area contributed by atoms with Gasteiger partial charge in [-0.3, -0.25) is 14.8 Å².